The van der Waals surface area contributed by atoms with Gasteiger partial charge in [-0.3, -0.25) is 9.59 Å². The molecule has 1 N–H and O–H groups in total. The molecule has 0 bridgehead atoms. The van der Waals surface area contributed by atoms with E-state index in [9.17, 15) is 22.4 Å². The maximum atomic E-state index is 14.2. The van der Waals surface area contributed by atoms with Crippen LogP contribution in [0.2, 0.25) is 0 Å². The lowest BCUT2D eigenvalue weighted by atomic mass is 10.1. The second kappa shape index (κ2) is 11.2. The summed E-state index contributed by atoms with van der Waals surface area (Å²) in [6, 6.07) is 11.4. The van der Waals surface area contributed by atoms with Crippen molar-refractivity contribution in [3.05, 3.63) is 65.5 Å². The Labute approximate surface area is 189 Å². The summed E-state index contributed by atoms with van der Waals surface area (Å²) in [6.07, 6.45) is 0.719. The third-order valence-electron chi connectivity index (χ3n) is 5.10. The van der Waals surface area contributed by atoms with E-state index in [0.717, 1.165) is 16.3 Å². The molecule has 1 unspecified atom stereocenters. The van der Waals surface area contributed by atoms with Crippen molar-refractivity contribution in [1.29, 1.82) is 0 Å². The van der Waals surface area contributed by atoms with Crippen LogP contribution in [0.3, 0.4) is 0 Å². The Bertz CT molecular complexity index is 1040. The number of amides is 2. The number of sulfonamides is 1. The Balaban J connectivity index is 2.27. The van der Waals surface area contributed by atoms with E-state index in [-0.39, 0.29) is 22.9 Å². The predicted molar refractivity (Wildman–Crippen MR) is 121 cm³/mol. The average Bonchev–Trinajstić information content (AvgIpc) is 2.76. The van der Waals surface area contributed by atoms with Gasteiger partial charge in [-0.25, -0.2) is 12.8 Å². The highest BCUT2D eigenvalue weighted by molar-refractivity contribution is 7.89. The molecule has 0 spiro atoms. The first kappa shape index (κ1) is 25.5. The highest BCUT2D eigenvalue weighted by atomic mass is 32.2. The Morgan fingerprint density at radius 3 is 2.31 bits per heavy atom. The van der Waals surface area contributed by atoms with Crippen LogP contribution in [0.15, 0.2) is 53.4 Å². The zero-order chi connectivity index (χ0) is 23.9. The summed E-state index contributed by atoms with van der Waals surface area (Å²) >= 11 is 0. The third kappa shape index (κ3) is 6.37. The van der Waals surface area contributed by atoms with E-state index >= 15 is 0 Å². The number of nitrogens with one attached hydrogen (secondary N) is 1. The van der Waals surface area contributed by atoms with E-state index in [2.05, 4.69) is 5.32 Å². The van der Waals surface area contributed by atoms with Crippen LogP contribution < -0.4 is 5.32 Å². The van der Waals surface area contributed by atoms with E-state index in [4.69, 9.17) is 0 Å². The summed E-state index contributed by atoms with van der Waals surface area (Å²) in [5, 5.41) is 2.72. The van der Waals surface area contributed by atoms with Crippen molar-refractivity contribution >= 4 is 21.8 Å². The molecule has 0 saturated heterocycles. The molecule has 0 fully saturated rings. The first-order valence-corrected chi connectivity index (χ1v) is 11.9. The van der Waals surface area contributed by atoms with Gasteiger partial charge in [-0.1, -0.05) is 42.8 Å². The van der Waals surface area contributed by atoms with Crippen molar-refractivity contribution < 1.29 is 22.4 Å². The van der Waals surface area contributed by atoms with Crippen LogP contribution in [-0.2, 0) is 26.2 Å². The van der Waals surface area contributed by atoms with Crippen LogP contribution in [0.25, 0.3) is 0 Å². The van der Waals surface area contributed by atoms with Gasteiger partial charge in [0.1, 0.15) is 11.9 Å². The largest absolute Gasteiger partial charge is 0.354 e. The van der Waals surface area contributed by atoms with Gasteiger partial charge in [0, 0.05) is 25.7 Å². The second-order valence-corrected chi connectivity index (χ2v) is 9.70. The Morgan fingerprint density at radius 2 is 1.72 bits per heavy atom. The molecule has 174 valence electrons. The SMILES string of the molecule is CCCNC(=O)C(C)N(Cc1ccccc1F)C(=O)CN(C)S(=O)(=O)c1ccc(C)cc1. The Hall–Kier alpha value is -2.78. The minimum atomic E-state index is -3.91. The maximum Gasteiger partial charge on any atom is 0.243 e. The van der Waals surface area contributed by atoms with Crippen molar-refractivity contribution in [1.82, 2.24) is 14.5 Å². The molecule has 0 aromatic heterocycles. The molecule has 0 saturated carbocycles. The molecule has 0 heterocycles. The fraction of sp³-hybridized carbons (Fsp3) is 0.391. The van der Waals surface area contributed by atoms with Crippen molar-refractivity contribution in [2.45, 2.75) is 44.7 Å². The summed E-state index contributed by atoms with van der Waals surface area (Å²) in [5.74, 6) is -1.50. The molecule has 0 radical (unpaired) electrons. The Kier molecular flexibility index (Phi) is 8.91. The number of benzene rings is 2. The molecular formula is C23H30FN3O4S. The van der Waals surface area contributed by atoms with Crippen LogP contribution >= 0.6 is 0 Å². The van der Waals surface area contributed by atoms with Gasteiger partial charge in [0.05, 0.1) is 11.4 Å². The zero-order valence-electron chi connectivity index (χ0n) is 18.8. The molecule has 0 aliphatic rings. The summed E-state index contributed by atoms with van der Waals surface area (Å²) in [7, 11) is -2.61. The highest BCUT2D eigenvalue weighted by Crippen LogP contribution is 2.17. The molecule has 7 nitrogen and oxygen atoms in total. The number of hydrogen-bond donors (Lipinski definition) is 1. The van der Waals surface area contributed by atoms with Crippen LogP contribution in [0.5, 0.6) is 0 Å². The molecule has 32 heavy (non-hydrogen) atoms. The van der Waals surface area contributed by atoms with Crippen LogP contribution in [0, 0.1) is 12.7 Å². The summed E-state index contributed by atoms with van der Waals surface area (Å²) < 4.78 is 40.9. The van der Waals surface area contributed by atoms with Gasteiger partial charge >= 0.3 is 0 Å². The van der Waals surface area contributed by atoms with Crippen molar-refractivity contribution in [2.75, 3.05) is 20.1 Å². The van der Waals surface area contributed by atoms with Gasteiger partial charge < -0.3 is 10.2 Å². The number of rotatable bonds is 10. The van der Waals surface area contributed by atoms with E-state index in [1.807, 2.05) is 13.8 Å². The van der Waals surface area contributed by atoms with Gasteiger partial charge in [-0.05, 0) is 38.5 Å². The quantitative estimate of drug-likeness (QED) is 0.587. The number of halogens is 1. The van der Waals surface area contributed by atoms with Crippen molar-refractivity contribution in [3.8, 4) is 0 Å². The molecule has 2 aromatic rings. The summed E-state index contributed by atoms with van der Waals surface area (Å²) in [4.78, 5) is 26.9. The topological polar surface area (TPSA) is 86.8 Å². The van der Waals surface area contributed by atoms with E-state index in [1.54, 1.807) is 18.2 Å². The summed E-state index contributed by atoms with van der Waals surface area (Å²) in [5.41, 5.74) is 1.14. The smallest absolute Gasteiger partial charge is 0.243 e. The van der Waals surface area contributed by atoms with Gasteiger partial charge in [-0.15, -0.1) is 0 Å². The molecular weight excluding hydrogens is 433 g/mol. The lowest BCUT2D eigenvalue weighted by Gasteiger charge is -2.30. The molecule has 0 aliphatic carbocycles. The van der Waals surface area contributed by atoms with E-state index < -0.39 is 34.3 Å². The normalized spacial score (nSPS) is 12.4. The molecule has 2 aromatic carbocycles. The number of carbonyl (C=O) groups is 2. The molecule has 2 rings (SSSR count). The zero-order valence-corrected chi connectivity index (χ0v) is 19.7. The molecule has 9 heteroatoms. The second-order valence-electron chi connectivity index (χ2n) is 7.65. The number of likely N-dealkylation sites (N-methyl/N-ethyl adjacent to an activating group) is 1. The maximum absolute atomic E-state index is 14.2. The van der Waals surface area contributed by atoms with Crippen LogP contribution in [-0.4, -0.2) is 55.6 Å². The van der Waals surface area contributed by atoms with Crippen molar-refractivity contribution in [3.63, 3.8) is 0 Å². The standard InChI is InChI=1S/C23H30FN3O4S/c1-5-14-25-23(29)18(3)27(15-19-8-6-7-9-21(19)24)22(28)16-26(4)32(30,31)20-12-10-17(2)11-13-20/h6-13,18H,5,14-16H2,1-4H3,(H,25,29). The number of hydrogen-bond acceptors (Lipinski definition) is 4. The van der Waals surface area contributed by atoms with E-state index in [1.165, 1.54) is 49.2 Å². The van der Waals surface area contributed by atoms with Crippen LogP contribution in [0.4, 0.5) is 4.39 Å². The monoisotopic (exact) mass is 463 g/mol. The van der Waals surface area contributed by atoms with E-state index in [0.29, 0.717) is 6.54 Å². The van der Waals surface area contributed by atoms with Gasteiger partial charge in [0.2, 0.25) is 21.8 Å². The highest BCUT2D eigenvalue weighted by Gasteiger charge is 2.30. The molecule has 1 atom stereocenters. The van der Waals surface area contributed by atoms with Gasteiger partial charge in [0.15, 0.2) is 0 Å². The molecule has 2 amide bonds. The predicted octanol–water partition coefficient (Wildman–Crippen LogP) is 2.70. The fourth-order valence-corrected chi connectivity index (χ4v) is 4.17. The Morgan fingerprint density at radius 1 is 1.09 bits per heavy atom. The minimum absolute atomic E-state index is 0.0628. The van der Waals surface area contributed by atoms with Gasteiger partial charge in [0.25, 0.3) is 0 Å². The number of aryl methyl sites for hydroxylation is 1. The average molecular weight is 464 g/mol. The lowest BCUT2D eigenvalue weighted by molar-refractivity contribution is -0.140. The fourth-order valence-electron chi connectivity index (χ4n) is 3.05. The van der Waals surface area contributed by atoms with Gasteiger partial charge in [-0.2, -0.15) is 4.31 Å². The van der Waals surface area contributed by atoms with Crippen molar-refractivity contribution in [2.24, 2.45) is 0 Å². The minimum Gasteiger partial charge on any atom is -0.354 e. The number of carbonyl (C=O) groups excluding carboxylic acids is 2. The number of nitrogens with zero attached hydrogens (tertiary/aromatic N) is 2. The summed E-state index contributed by atoms with van der Waals surface area (Å²) in [6.45, 7) is 5.07. The first-order chi connectivity index (χ1) is 15.1. The first-order valence-electron chi connectivity index (χ1n) is 10.4. The third-order valence-corrected chi connectivity index (χ3v) is 6.92. The molecule has 0 aliphatic heterocycles. The lowest BCUT2D eigenvalue weighted by Crippen LogP contribution is -2.50. The van der Waals surface area contributed by atoms with Crippen LogP contribution in [0.1, 0.15) is 31.4 Å².